The van der Waals surface area contributed by atoms with Gasteiger partial charge in [0.15, 0.2) is 0 Å². The Kier molecular flexibility index (Phi) is 7.62. The van der Waals surface area contributed by atoms with Gasteiger partial charge in [0, 0.05) is 6.42 Å². The van der Waals surface area contributed by atoms with Crippen molar-refractivity contribution in [1.29, 1.82) is 0 Å². The van der Waals surface area contributed by atoms with Gasteiger partial charge in [-0.05, 0) is 0 Å². The highest BCUT2D eigenvalue weighted by atomic mass is 19.4. The number of halogens is 23. The van der Waals surface area contributed by atoms with Gasteiger partial charge in [0.25, 0.3) is 0 Å². The first-order valence-corrected chi connectivity index (χ1v) is 8.54. The predicted octanol–water partition coefficient (Wildman–Crippen LogP) is 7.69. The summed E-state index contributed by atoms with van der Waals surface area (Å²) in [5.74, 6) is -70.0. The molecular weight excluding hydrogens is 621 g/mol. The van der Waals surface area contributed by atoms with Crippen molar-refractivity contribution >= 4 is 0 Å². The number of ether oxygens (including phenoxy) is 1. The summed E-state index contributed by atoms with van der Waals surface area (Å²) < 4.78 is 308. The molecule has 0 spiro atoms. The van der Waals surface area contributed by atoms with Gasteiger partial charge < -0.3 is 4.74 Å². The van der Waals surface area contributed by atoms with E-state index in [9.17, 15) is 101 Å². The van der Waals surface area contributed by atoms with Crippen LogP contribution in [0.1, 0.15) is 6.42 Å². The fraction of sp³-hybridized carbons (Fsp3) is 1.00. The van der Waals surface area contributed by atoms with E-state index in [1.54, 1.807) is 0 Å². The van der Waals surface area contributed by atoms with Crippen LogP contribution in [-0.2, 0) is 4.74 Å². The summed E-state index contributed by atoms with van der Waals surface area (Å²) in [7, 11) is 0. The van der Waals surface area contributed by atoms with E-state index in [0.29, 0.717) is 0 Å². The van der Waals surface area contributed by atoms with Gasteiger partial charge in [-0.15, -0.1) is 0 Å². The molecule has 1 rings (SSSR count). The van der Waals surface area contributed by atoms with E-state index in [-0.39, 0.29) is 0 Å². The van der Waals surface area contributed by atoms with Crippen molar-refractivity contribution in [3.8, 4) is 0 Å². The predicted molar refractivity (Wildman–Crippen MR) is 69.9 cm³/mol. The second kappa shape index (κ2) is 8.43. The van der Waals surface area contributed by atoms with E-state index in [1.165, 1.54) is 0 Å². The molecule has 1 nitrogen and oxygen atoms in total. The van der Waals surface area contributed by atoms with Gasteiger partial charge in [-0.2, -0.15) is 96.6 Å². The molecule has 0 saturated carbocycles. The Bertz CT molecular complexity index is 860. The van der Waals surface area contributed by atoms with Crippen LogP contribution >= 0.6 is 0 Å². The highest BCUT2D eigenvalue weighted by Gasteiger charge is 3.00. The Morgan fingerprint density at radius 1 is 0.395 bits per heavy atom. The van der Waals surface area contributed by atoms with Gasteiger partial charge >= 0.3 is 65.4 Å². The molecule has 0 N–H and O–H groups in total. The molecule has 1 aliphatic rings. The largest absolute Gasteiger partial charge is 0.438 e. The fourth-order valence-electron chi connectivity index (χ4n) is 2.55. The molecule has 0 aliphatic carbocycles. The second-order valence-corrected chi connectivity index (χ2v) is 7.54. The third kappa shape index (κ3) is 4.12. The van der Waals surface area contributed by atoms with Crippen molar-refractivity contribution < 1.29 is 106 Å². The number of epoxide rings is 1. The lowest BCUT2D eigenvalue weighted by atomic mass is 9.82. The minimum atomic E-state index is -9.44. The van der Waals surface area contributed by atoms with E-state index >= 15 is 0 Å². The zero-order valence-corrected chi connectivity index (χ0v) is 16.6. The summed E-state index contributed by atoms with van der Waals surface area (Å²) >= 11 is 0. The van der Waals surface area contributed by atoms with Crippen LogP contribution in [0.4, 0.5) is 101 Å². The molecule has 0 aromatic rings. The van der Waals surface area contributed by atoms with Crippen LogP contribution in [0, 0.1) is 0 Å². The molecule has 0 amide bonds. The molecule has 1 heterocycles. The molecule has 24 heteroatoms. The molecule has 1 fully saturated rings. The highest BCUT2D eigenvalue weighted by molar-refractivity contribution is 5.20. The Morgan fingerprint density at radius 3 is 0.868 bits per heavy atom. The van der Waals surface area contributed by atoms with Crippen molar-refractivity contribution in [3.63, 3.8) is 0 Å². The van der Waals surface area contributed by atoms with Gasteiger partial charge in [0.1, 0.15) is 0 Å². The average Bonchev–Trinajstić information content (AvgIpc) is 3.47. The van der Waals surface area contributed by atoms with Crippen molar-refractivity contribution in [2.45, 2.75) is 77.9 Å². The van der Waals surface area contributed by atoms with Gasteiger partial charge in [-0.3, -0.25) is 0 Å². The average molecular weight is 626 g/mol. The monoisotopic (exact) mass is 626 g/mol. The number of hydrogen-bond donors (Lipinski definition) is 0. The topological polar surface area (TPSA) is 12.5 Å². The normalized spacial score (nSPS) is 20.1. The van der Waals surface area contributed by atoms with Crippen molar-refractivity contribution in [2.24, 2.45) is 0 Å². The maximum atomic E-state index is 13.6. The lowest BCUT2D eigenvalue weighted by Gasteiger charge is -2.46. The Hall–Kier alpha value is -1.65. The zero-order chi connectivity index (χ0) is 31.2. The summed E-state index contributed by atoms with van der Waals surface area (Å²) in [6.07, 6.45) is -21.9. The molecule has 228 valence electrons. The highest BCUT2D eigenvalue weighted by Crippen LogP contribution is 2.68. The van der Waals surface area contributed by atoms with E-state index in [0.717, 1.165) is 0 Å². The molecule has 1 atom stereocenters. The van der Waals surface area contributed by atoms with Gasteiger partial charge in [0.2, 0.25) is 0 Å². The maximum absolute atomic E-state index is 13.6. The van der Waals surface area contributed by atoms with E-state index < -0.39 is 84.5 Å². The summed E-state index contributed by atoms with van der Waals surface area (Å²) in [6, 6.07) is 0. The van der Waals surface area contributed by atoms with Crippen LogP contribution in [0.2, 0.25) is 0 Å². The molecule has 0 unspecified atom stereocenters. The Balaban J connectivity index is 3.83. The first kappa shape index (κ1) is 34.4. The minimum absolute atomic E-state index is 0.980. The van der Waals surface area contributed by atoms with Crippen LogP contribution < -0.4 is 0 Å². The van der Waals surface area contributed by atoms with Crippen LogP contribution in [0.25, 0.3) is 0 Å². The lowest BCUT2D eigenvalue weighted by molar-refractivity contribution is -0.481. The summed E-state index contributed by atoms with van der Waals surface area (Å²) in [5, 5.41) is 0. The van der Waals surface area contributed by atoms with Crippen LogP contribution in [0.3, 0.4) is 0 Å². The number of rotatable bonds is 10. The third-order valence-electron chi connectivity index (χ3n) is 4.93. The molecule has 38 heavy (non-hydrogen) atoms. The number of alkyl halides is 23. The molecular formula is C14H5F23O. The van der Waals surface area contributed by atoms with Crippen molar-refractivity contribution in [1.82, 2.24) is 0 Å². The van der Waals surface area contributed by atoms with Gasteiger partial charge in [-0.25, -0.2) is 4.39 Å². The third-order valence-corrected chi connectivity index (χ3v) is 4.93. The van der Waals surface area contributed by atoms with Crippen molar-refractivity contribution in [2.75, 3.05) is 6.61 Å². The molecule has 1 saturated heterocycles. The molecule has 0 radical (unpaired) electrons. The SMILES string of the molecule is FC(F)(F)C(F)(C(F)(F)F)C(F)(F)C(F)(F)C(F)(F)C(F)(F)C(F)(F)C(F)(F)C(F)(F)C(F)(F)C[C@H]1CO1. The zero-order valence-electron chi connectivity index (χ0n) is 16.6. The molecule has 0 bridgehead atoms. The summed E-state index contributed by atoms with van der Waals surface area (Å²) in [6.45, 7) is -0.980. The summed E-state index contributed by atoms with van der Waals surface area (Å²) in [4.78, 5) is 0. The second-order valence-electron chi connectivity index (χ2n) is 7.54. The first-order chi connectivity index (χ1) is 16.1. The molecule has 0 aromatic heterocycles. The van der Waals surface area contributed by atoms with Crippen LogP contribution in [0.5, 0.6) is 0 Å². The van der Waals surface area contributed by atoms with Crippen LogP contribution in [-0.4, -0.2) is 78.1 Å². The smallest absolute Gasteiger partial charge is 0.373 e. The number of hydrogen-bond acceptors (Lipinski definition) is 1. The quantitative estimate of drug-likeness (QED) is 0.179. The standard InChI is InChI=1S/C14H5F23O/c15-4(16,1-3-2-38-3)6(18,19)8(22,23)10(26,27)12(30,31)11(28,29)9(24,25)7(20,21)5(17,13(32,33)34)14(35,36)37/h3H,1-2H2/t3-/m0/s1. The van der Waals surface area contributed by atoms with Crippen LogP contribution in [0.15, 0.2) is 0 Å². The maximum Gasteiger partial charge on any atom is 0.438 e. The lowest BCUT2D eigenvalue weighted by Crippen LogP contribution is -2.79. The van der Waals surface area contributed by atoms with Gasteiger partial charge in [-0.1, -0.05) is 0 Å². The van der Waals surface area contributed by atoms with Gasteiger partial charge in [0.05, 0.1) is 12.7 Å². The fourth-order valence-corrected chi connectivity index (χ4v) is 2.55. The minimum Gasteiger partial charge on any atom is -0.373 e. The first-order valence-electron chi connectivity index (χ1n) is 8.54. The Labute approximate surface area is 191 Å². The van der Waals surface area contributed by atoms with E-state index in [1.807, 2.05) is 0 Å². The van der Waals surface area contributed by atoms with E-state index in [4.69, 9.17) is 0 Å². The molecule has 0 aromatic carbocycles. The van der Waals surface area contributed by atoms with Crippen molar-refractivity contribution in [3.05, 3.63) is 0 Å². The molecule has 1 aliphatic heterocycles. The Morgan fingerprint density at radius 2 is 0.632 bits per heavy atom. The van der Waals surface area contributed by atoms with E-state index in [2.05, 4.69) is 4.74 Å². The summed E-state index contributed by atoms with van der Waals surface area (Å²) in [5.41, 5.74) is -9.00.